The van der Waals surface area contributed by atoms with Crippen LogP contribution in [0.1, 0.15) is 29.6 Å². The van der Waals surface area contributed by atoms with Crippen molar-refractivity contribution in [3.05, 3.63) is 29.8 Å². The van der Waals surface area contributed by atoms with Crippen molar-refractivity contribution in [1.82, 2.24) is 5.48 Å². The number of carbonyl (C=O) groups is 1. The molecule has 120 valence electrons. The second kappa shape index (κ2) is 7.58. The topological polar surface area (TPSA) is 60.0 Å². The van der Waals surface area contributed by atoms with Crippen molar-refractivity contribution in [3.8, 4) is 0 Å². The van der Waals surface area contributed by atoms with Gasteiger partial charge >= 0.3 is 0 Å². The molecule has 1 atom stereocenters. The van der Waals surface area contributed by atoms with Gasteiger partial charge < -0.3 is 14.4 Å². The molecule has 0 spiro atoms. The van der Waals surface area contributed by atoms with Crippen molar-refractivity contribution in [3.63, 3.8) is 0 Å². The van der Waals surface area contributed by atoms with Gasteiger partial charge in [0, 0.05) is 31.8 Å². The van der Waals surface area contributed by atoms with E-state index in [0.29, 0.717) is 25.4 Å². The molecular weight excluding hydrogens is 284 g/mol. The molecule has 0 aromatic heterocycles. The van der Waals surface area contributed by atoms with Gasteiger partial charge in [-0.15, -0.1) is 0 Å². The SMILES string of the molecule is O=C(NO[C@H]1CCCCO1)c1ccccc1N1CCOCC1. The molecule has 0 radical (unpaired) electrons. The monoisotopic (exact) mass is 306 g/mol. The molecule has 1 amide bonds. The van der Waals surface area contributed by atoms with Crippen LogP contribution in [0.5, 0.6) is 0 Å². The fraction of sp³-hybridized carbons (Fsp3) is 0.562. The third-order valence-corrected chi connectivity index (χ3v) is 3.92. The summed E-state index contributed by atoms with van der Waals surface area (Å²) in [5.74, 6) is -0.240. The molecule has 2 aliphatic heterocycles. The first-order valence-corrected chi connectivity index (χ1v) is 7.84. The Balaban J connectivity index is 1.63. The van der Waals surface area contributed by atoms with E-state index in [1.165, 1.54) is 0 Å². The van der Waals surface area contributed by atoms with E-state index in [4.69, 9.17) is 14.3 Å². The van der Waals surface area contributed by atoms with Crippen molar-refractivity contribution < 1.29 is 19.1 Å². The molecule has 1 N–H and O–H groups in total. The van der Waals surface area contributed by atoms with E-state index in [1.54, 1.807) is 0 Å². The highest BCUT2D eigenvalue weighted by molar-refractivity contribution is 5.99. The highest BCUT2D eigenvalue weighted by Gasteiger charge is 2.20. The predicted octanol–water partition coefficient (Wildman–Crippen LogP) is 1.71. The van der Waals surface area contributed by atoms with Crippen LogP contribution in [0, 0.1) is 0 Å². The van der Waals surface area contributed by atoms with Crippen LogP contribution in [0.4, 0.5) is 5.69 Å². The van der Waals surface area contributed by atoms with Crippen molar-refractivity contribution in [2.75, 3.05) is 37.8 Å². The number of hydrogen-bond acceptors (Lipinski definition) is 5. The number of carbonyl (C=O) groups excluding carboxylic acids is 1. The fourth-order valence-corrected chi connectivity index (χ4v) is 2.72. The average molecular weight is 306 g/mol. The maximum atomic E-state index is 12.4. The Bertz CT molecular complexity index is 497. The summed E-state index contributed by atoms with van der Waals surface area (Å²) in [4.78, 5) is 19.9. The number of benzene rings is 1. The molecule has 2 saturated heterocycles. The van der Waals surface area contributed by atoms with Crippen LogP contribution in [0.3, 0.4) is 0 Å². The molecule has 0 saturated carbocycles. The minimum Gasteiger partial charge on any atom is -0.378 e. The Labute approximate surface area is 130 Å². The van der Waals surface area contributed by atoms with Gasteiger partial charge in [0.2, 0.25) is 0 Å². The molecule has 3 rings (SSSR count). The lowest BCUT2D eigenvalue weighted by molar-refractivity contribution is -0.186. The van der Waals surface area contributed by atoms with Crippen molar-refractivity contribution in [2.45, 2.75) is 25.6 Å². The third-order valence-electron chi connectivity index (χ3n) is 3.92. The number of para-hydroxylation sites is 1. The highest BCUT2D eigenvalue weighted by atomic mass is 16.8. The maximum absolute atomic E-state index is 12.4. The van der Waals surface area contributed by atoms with Gasteiger partial charge in [-0.3, -0.25) is 4.79 Å². The third kappa shape index (κ3) is 3.76. The van der Waals surface area contributed by atoms with Crippen LogP contribution in [0.25, 0.3) is 0 Å². The molecule has 0 bridgehead atoms. The quantitative estimate of drug-likeness (QED) is 0.858. The van der Waals surface area contributed by atoms with Crippen molar-refractivity contribution in [2.24, 2.45) is 0 Å². The second-order valence-corrected chi connectivity index (χ2v) is 5.46. The molecule has 6 nitrogen and oxygen atoms in total. The summed E-state index contributed by atoms with van der Waals surface area (Å²) in [6.07, 6.45) is 2.58. The number of amides is 1. The van der Waals surface area contributed by atoms with Gasteiger partial charge in [0.15, 0.2) is 6.29 Å². The molecule has 2 heterocycles. The number of nitrogens with zero attached hydrogens (tertiary/aromatic N) is 1. The summed E-state index contributed by atoms with van der Waals surface area (Å²) >= 11 is 0. The number of anilines is 1. The van der Waals surface area contributed by atoms with E-state index in [1.807, 2.05) is 24.3 Å². The van der Waals surface area contributed by atoms with Crippen LogP contribution in [-0.2, 0) is 14.3 Å². The number of nitrogens with one attached hydrogen (secondary N) is 1. The van der Waals surface area contributed by atoms with Gasteiger partial charge in [-0.2, -0.15) is 0 Å². The average Bonchev–Trinajstić information content (AvgIpc) is 2.61. The van der Waals surface area contributed by atoms with Crippen molar-refractivity contribution >= 4 is 11.6 Å². The number of morpholine rings is 1. The fourth-order valence-electron chi connectivity index (χ4n) is 2.72. The van der Waals surface area contributed by atoms with Crippen molar-refractivity contribution in [1.29, 1.82) is 0 Å². The highest BCUT2D eigenvalue weighted by Crippen LogP contribution is 2.21. The summed E-state index contributed by atoms with van der Waals surface area (Å²) in [5.41, 5.74) is 4.05. The number of ether oxygens (including phenoxy) is 2. The molecule has 2 fully saturated rings. The molecule has 0 unspecified atom stereocenters. The van der Waals surface area contributed by atoms with Crippen LogP contribution >= 0.6 is 0 Å². The zero-order valence-corrected chi connectivity index (χ0v) is 12.6. The zero-order chi connectivity index (χ0) is 15.2. The lowest BCUT2D eigenvalue weighted by Gasteiger charge is -2.30. The number of hydrogen-bond donors (Lipinski definition) is 1. The van der Waals surface area contributed by atoms with E-state index in [9.17, 15) is 4.79 Å². The van der Waals surface area contributed by atoms with Gasteiger partial charge in [-0.05, 0) is 25.0 Å². The molecule has 22 heavy (non-hydrogen) atoms. The lowest BCUT2D eigenvalue weighted by atomic mass is 10.1. The summed E-state index contributed by atoms with van der Waals surface area (Å²) in [6, 6.07) is 7.56. The number of hydroxylamine groups is 1. The summed E-state index contributed by atoms with van der Waals surface area (Å²) in [6.45, 7) is 3.63. The first-order valence-electron chi connectivity index (χ1n) is 7.84. The van der Waals surface area contributed by atoms with Crippen LogP contribution < -0.4 is 10.4 Å². The number of rotatable bonds is 4. The van der Waals surface area contributed by atoms with Gasteiger partial charge in [-0.1, -0.05) is 12.1 Å². The molecule has 2 aliphatic rings. The van der Waals surface area contributed by atoms with Gasteiger partial charge in [-0.25, -0.2) is 10.3 Å². The van der Waals surface area contributed by atoms with E-state index >= 15 is 0 Å². The zero-order valence-electron chi connectivity index (χ0n) is 12.6. The second-order valence-electron chi connectivity index (χ2n) is 5.46. The Morgan fingerprint density at radius 2 is 2.00 bits per heavy atom. The maximum Gasteiger partial charge on any atom is 0.277 e. The first kappa shape index (κ1) is 15.3. The Morgan fingerprint density at radius 3 is 2.77 bits per heavy atom. The van der Waals surface area contributed by atoms with Gasteiger partial charge in [0.25, 0.3) is 5.91 Å². The van der Waals surface area contributed by atoms with Gasteiger partial charge in [0.1, 0.15) is 0 Å². The predicted molar refractivity (Wildman–Crippen MR) is 81.6 cm³/mol. The van der Waals surface area contributed by atoms with Gasteiger partial charge in [0.05, 0.1) is 18.8 Å². The molecule has 1 aromatic carbocycles. The summed E-state index contributed by atoms with van der Waals surface area (Å²) in [5, 5.41) is 0. The van der Waals surface area contributed by atoms with E-state index in [-0.39, 0.29) is 12.2 Å². The largest absolute Gasteiger partial charge is 0.378 e. The van der Waals surface area contributed by atoms with E-state index in [0.717, 1.165) is 38.0 Å². The molecular formula is C16H22N2O4. The van der Waals surface area contributed by atoms with Crippen LogP contribution in [-0.4, -0.2) is 45.1 Å². The minimum atomic E-state index is -0.340. The Morgan fingerprint density at radius 1 is 1.18 bits per heavy atom. The summed E-state index contributed by atoms with van der Waals surface area (Å²) in [7, 11) is 0. The Kier molecular flexibility index (Phi) is 5.26. The van der Waals surface area contributed by atoms with E-state index in [2.05, 4.69) is 10.4 Å². The molecule has 1 aromatic rings. The smallest absolute Gasteiger partial charge is 0.277 e. The van der Waals surface area contributed by atoms with Crippen LogP contribution in [0.15, 0.2) is 24.3 Å². The summed E-state index contributed by atoms with van der Waals surface area (Å²) < 4.78 is 10.8. The minimum absolute atomic E-state index is 0.240. The van der Waals surface area contributed by atoms with E-state index < -0.39 is 0 Å². The first-order chi connectivity index (χ1) is 10.8. The Hall–Kier alpha value is -1.63. The molecule has 6 heteroatoms. The normalized spacial score (nSPS) is 22.4. The van der Waals surface area contributed by atoms with Crippen LogP contribution in [0.2, 0.25) is 0 Å². The molecule has 0 aliphatic carbocycles. The standard InChI is InChI=1S/C16H22N2O4/c19-16(17-22-15-7-3-4-10-21-15)13-5-1-2-6-14(13)18-8-11-20-12-9-18/h1-2,5-6,15H,3-4,7-12H2,(H,17,19)/t15-/m0/s1. The lowest BCUT2D eigenvalue weighted by Crippen LogP contribution is -2.38.